The van der Waals surface area contributed by atoms with Crippen molar-refractivity contribution in [1.29, 1.82) is 0 Å². The zero-order valence-corrected chi connectivity index (χ0v) is 21.8. The van der Waals surface area contributed by atoms with Gasteiger partial charge in [0.1, 0.15) is 12.0 Å². The fourth-order valence-corrected chi connectivity index (χ4v) is 3.85. The Balaban J connectivity index is 1.78. The first-order valence-corrected chi connectivity index (χ1v) is 11.8. The maximum Gasteiger partial charge on any atom is 0.316 e. The zero-order valence-electron chi connectivity index (χ0n) is 20.2. The smallest absolute Gasteiger partial charge is 0.316 e. The van der Waals surface area contributed by atoms with Crippen LogP contribution in [0.2, 0.25) is 0 Å². The highest BCUT2D eigenvalue weighted by Crippen LogP contribution is 2.40. The molecule has 4 aromatic rings. The number of nitro benzene ring substituents is 1. The van der Waals surface area contributed by atoms with Gasteiger partial charge in [0, 0.05) is 34.2 Å². The van der Waals surface area contributed by atoms with Crippen molar-refractivity contribution in [1.82, 2.24) is 14.6 Å². The number of aromatic nitrogens is 3. The summed E-state index contributed by atoms with van der Waals surface area (Å²) in [6.45, 7) is 3.73. The first kappa shape index (κ1) is 26.3. The summed E-state index contributed by atoms with van der Waals surface area (Å²) < 4.78 is 12.7. The third-order valence-corrected chi connectivity index (χ3v) is 5.78. The Morgan fingerprint density at radius 3 is 2.47 bits per heavy atom. The number of methoxy groups -OCH3 is 1. The first-order chi connectivity index (χ1) is 18.1. The minimum atomic E-state index is -0.679. The number of ether oxygens (including phenoxy) is 2. The van der Waals surface area contributed by atoms with Crippen LogP contribution in [0, 0.1) is 20.2 Å². The summed E-state index contributed by atoms with van der Waals surface area (Å²) in [7, 11) is 1.29. The number of rotatable bonds is 8. The van der Waals surface area contributed by atoms with E-state index in [0.717, 1.165) is 16.9 Å². The Morgan fingerprint density at radius 2 is 1.87 bits per heavy atom. The van der Waals surface area contributed by atoms with Crippen molar-refractivity contribution in [2.24, 2.45) is 5.10 Å². The molecule has 14 heteroatoms. The third-order valence-electron chi connectivity index (χ3n) is 5.28. The normalized spacial score (nSPS) is 11.3. The highest BCUT2D eigenvalue weighted by atomic mass is 79.9. The molecule has 0 atom stereocenters. The Labute approximate surface area is 222 Å². The van der Waals surface area contributed by atoms with E-state index in [4.69, 9.17) is 9.47 Å². The summed E-state index contributed by atoms with van der Waals surface area (Å²) in [5.74, 6) is -0.125. The average molecular weight is 583 g/mol. The van der Waals surface area contributed by atoms with Gasteiger partial charge in [-0.2, -0.15) is 9.78 Å². The van der Waals surface area contributed by atoms with E-state index in [2.05, 4.69) is 31.0 Å². The lowest BCUT2D eigenvalue weighted by atomic mass is 10.1. The summed E-state index contributed by atoms with van der Waals surface area (Å²) in [6, 6.07) is 10.2. The molecule has 0 aliphatic rings. The monoisotopic (exact) mass is 582 g/mol. The second-order valence-electron chi connectivity index (χ2n) is 8.19. The van der Waals surface area contributed by atoms with Gasteiger partial charge in [-0.1, -0.05) is 29.8 Å². The van der Waals surface area contributed by atoms with Crippen molar-refractivity contribution in [3.05, 3.63) is 95.1 Å². The zero-order chi connectivity index (χ0) is 27.6. The lowest BCUT2D eigenvalue weighted by Crippen LogP contribution is -2.23. The molecule has 0 aliphatic carbocycles. The Bertz CT molecular complexity index is 1650. The number of nitrogens with zero attached hydrogens (tertiary/aromatic N) is 6. The average Bonchev–Trinajstić information content (AvgIpc) is 2.88. The number of nitro groups is 2. The number of fused-ring (bicyclic) bond motifs is 1. The van der Waals surface area contributed by atoms with Gasteiger partial charge < -0.3 is 9.47 Å². The van der Waals surface area contributed by atoms with Crippen LogP contribution >= 0.6 is 15.9 Å². The minimum absolute atomic E-state index is 0.0159. The van der Waals surface area contributed by atoms with Crippen LogP contribution in [0.3, 0.4) is 0 Å². The van der Waals surface area contributed by atoms with Crippen molar-refractivity contribution >= 4 is 44.4 Å². The summed E-state index contributed by atoms with van der Waals surface area (Å²) in [5.41, 5.74) is -0.373. The summed E-state index contributed by atoms with van der Waals surface area (Å²) in [4.78, 5) is 43.0. The maximum absolute atomic E-state index is 13.2. The number of halogens is 1. The molecule has 2 aromatic heterocycles. The highest BCUT2D eigenvalue weighted by Gasteiger charge is 2.24. The largest absolute Gasteiger partial charge is 0.493 e. The number of hydrogen-bond donors (Lipinski definition) is 0. The minimum Gasteiger partial charge on any atom is -0.493 e. The van der Waals surface area contributed by atoms with Gasteiger partial charge in [-0.3, -0.25) is 25.0 Å². The molecular weight excluding hydrogens is 564 g/mol. The molecule has 0 fully saturated rings. The SMILES string of the molecule is COc1cc(C=Nn2c(C(C)C)nc3ccc(Br)cc3c2=O)cc([N+](=O)[O-])c1Oc1ccc([N+](=O)[O-])cn1. The predicted molar refractivity (Wildman–Crippen MR) is 141 cm³/mol. The quantitative estimate of drug-likeness (QED) is 0.154. The molecule has 0 N–H and O–H groups in total. The molecule has 0 saturated carbocycles. The number of hydrogen-bond acceptors (Lipinski definition) is 10. The van der Waals surface area contributed by atoms with Crippen molar-refractivity contribution in [3.63, 3.8) is 0 Å². The third kappa shape index (κ3) is 5.34. The van der Waals surface area contributed by atoms with Crippen LogP contribution < -0.4 is 15.0 Å². The van der Waals surface area contributed by atoms with E-state index in [9.17, 15) is 25.0 Å². The van der Waals surface area contributed by atoms with Crippen molar-refractivity contribution in [3.8, 4) is 17.4 Å². The van der Waals surface area contributed by atoms with Crippen molar-refractivity contribution in [2.45, 2.75) is 19.8 Å². The molecule has 2 heterocycles. The van der Waals surface area contributed by atoms with Crippen LogP contribution in [0.25, 0.3) is 10.9 Å². The molecule has 194 valence electrons. The maximum atomic E-state index is 13.2. The van der Waals surface area contributed by atoms with Crippen LogP contribution in [0.15, 0.2) is 63.0 Å². The second kappa shape index (κ2) is 10.7. The molecular formula is C24H19BrN6O7. The molecule has 0 unspecified atom stereocenters. The van der Waals surface area contributed by atoms with Gasteiger partial charge in [0.25, 0.3) is 11.2 Å². The van der Waals surface area contributed by atoms with E-state index in [0.29, 0.717) is 21.2 Å². The summed E-state index contributed by atoms with van der Waals surface area (Å²) in [6.07, 6.45) is 2.25. The van der Waals surface area contributed by atoms with Crippen molar-refractivity contribution < 1.29 is 19.3 Å². The van der Waals surface area contributed by atoms with Crippen LogP contribution in [-0.2, 0) is 0 Å². The van der Waals surface area contributed by atoms with Gasteiger partial charge in [-0.05, 0) is 24.3 Å². The van der Waals surface area contributed by atoms with E-state index < -0.39 is 21.1 Å². The Hall–Kier alpha value is -4.72. The van der Waals surface area contributed by atoms with E-state index in [1.807, 2.05) is 13.8 Å². The van der Waals surface area contributed by atoms with Crippen LogP contribution in [0.1, 0.15) is 31.2 Å². The van der Waals surface area contributed by atoms with Gasteiger partial charge in [0.2, 0.25) is 11.6 Å². The van der Waals surface area contributed by atoms with Gasteiger partial charge in [-0.25, -0.2) is 9.97 Å². The molecule has 0 amide bonds. The second-order valence-corrected chi connectivity index (χ2v) is 9.11. The lowest BCUT2D eigenvalue weighted by molar-refractivity contribution is -0.385. The van der Waals surface area contributed by atoms with Crippen LogP contribution in [0.5, 0.6) is 17.4 Å². The van der Waals surface area contributed by atoms with Gasteiger partial charge in [-0.15, -0.1) is 0 Å². The molecule has 0 bridgehead atoms. The molecule has 0 spiro atoms. The fraction of sp³-hybridized carbons (Fsp3) is 0.167. The molecule has 4 rings (SSSR count). The summed E-state index contributed by atoms with van der Waals surface area (Å²) >= 11 is 3.35. The topological polar surface area (TPSA) is 165 Å². The molecule has 0 radical (unpaired) electrons. The lowest BCUT2D eigenvalue weighted by Gasteiger charge is -2.12. The Kier molecular flexibility index (Phi) is 7.43. The molecule has 2 aromatic carbocycles. The predicted octanol–water partition coefficient (Wildman–Crippen LogP) is 5.18. The van der Waals surface area contributed by atoms with Gasteiger partial charge >= 0.3 is 5.69 Å². The van der Waals surface area contributed by atoms with E-state index in [-0.39, 0.29) is 34.5 Å². The van der Waals surface area contributed by atoms with Crippen LogP contribution in [0.4, 0.5) is 11.4 Å². The van der Waals surface area contributed by atoms with Crippen LogP contribution in [-0.4, -0.2) is 37.8 Å². The highest BCUT2D eigenvalue weighted by molar-refractivity contribution is 9.10. The molecule has 13 nitrogen and oxygen atoms in total. The standard InChI is InChI=1S/C24H19BrN6O7/c1-13(2)23-28-18-6-4-15(25)10-17(18)24(32)29(23)27-11-14-8-19(31(35)36)22(20(9-14)37-3)38-21-7-5-16(12-26-21)30(33)34/h4-13H,1-3H3. The van der Waals surface area contributed by atoms with E-state index in [1.165, 1.54) is 31.5 Å². The van der Waals surface area contributed by atoms with Gasteiger partial charge in [0.15, 0.2) is 5.75 Å². The summed E-state index contributed by atoms with van der Waals surface area (Å²) in [5, 5.41) is 27.4. The molecule has 0 aliphatic heterocycles. The van der Waals surface area contributed by atoms with E-state index >= 15 is 0 Å². The number of benzene rings is 2. The van der Waals surface area contributed by atoms with Crippen molar-refractivity contribution in [2.75, 3.05) is 7.11 Å². The molecule has 38 heavy (non-hydrogen) atoms. The first-order valence-electron chi connectivity index (χ1n) is 11.0. The Morgan fingerprint density at radius 1 is 1.11 bits per heavy atom. The van der Waals surface area contributed by atoms with Gasteiger partial charge in [0.05, 0.1) is 34.1 Å². The fourth-order valence-electron chi connectivity index (χ4n) is 3.49. The number of pyridine rings is 1. The van der Waals surface area contributed by atoms with E-state index in [1.54, 1.807) is 18.2 Å². The molecule has 0 saturated heterocycles.